The number of hydrogen-bond acceptors (Lipinski definition) is 5. The predicted molar refractivity (Wildman–Crippen MR) is 88.3 cm³/mol. The normalized spacial score (nSPS) is 19.6. The van der Waals surface area contributed by atoms with Gasteiger partial charge in [-0.2, -0.15) is 0 Å². The van der Waals surface area contributed by atoms with E-state index < -0.39 is 10.0 Å². The second-order valence-electron chi connectivity index (χ2n) is 5.77. The molecule has 118 valence electrons. The first-order valence-corrected chi connectivity index (χ1v) is 9.92. The van der Waals surface area contributed by atoms with Crippen molar-refractivity contribution in [1.82, 2.24) is 14.3 Å². The van der Waals surface area contributed by atoms with Crippen molar-refractivity contribution in [3.63, 3.8) is 0 Å². The van der Waals surface area contributed by atoms with Gasteiger partial charge < -0.3 is 0 Å². The maximum atomic E-state index is 11.6. The summed E-state index contributed by atoms with van der Waals surface area (Å²) in [6.45, 7) is 3.25. The Morgan fingerprint density at radius 1 is 1.41 bits per heavy atom. The molecule has 3 heterocycles. The molecule has 22 heavy (non-hydrogen) atoms. The van der Waals surface area contributed by atoms with E-state index in [0.29, 0.717) is 19.0 Å². The number of thiazole rings is 1. The van der Waals surface area contributed by atoms with Gasteiger partial charge in [0, 0.05) is 30.4 Å². The van der Waals surface area contributed by atoms with Gasteiger partial charge in [-0.3, -0.25) is 4.98 Å². The summed E-state index contributed by atoms with van der Waals surface area (Å²) in [5.74, 6) is 0.346. The lowest BCUT2D eigenvalue weighted by Gasteiger charge is -2.14. The van der Waals surface area contributed by atoms with E-state index in [1.165, 1.54) is 6.26 Å². The molecule has 0 N–H and O–H groups in total. The molecule has 7 heteroatoms. The Morgan fingerprint density at radius 2 is 2.23 bits per heavy atom. The number of nitrogens with zero attached hydrogens (tertiary/aromatic N) is 3. The molecular weight excluding hydrogens is 318 g/mol. The molecule has 0 bridgehead atoms. The largest absolute Gasteiger partial charge is 0.253 e. The van der Waals surface area contributed by atoms with Crippen LogP contribution in [0.5, 0.6) is 0 Å². The zero-order valence-corrected chi connectivity index (χ0v) is 14.3. The van der Waals surface area contributed by atoms with Crippen molar-refractivity contribution in [3.05, 3.63) is 35.0 Å². The molecule has 1 fully saturated rings. The lowest BCUT2D eigenvalue weighted by atomic mass is 9.98. The molecule has 0 saturated carbocycles. The summed E-state index contributed by atoms with van der Waals surface area (Å²) in [4.78, 5) is 10.1. The van der Waals surface area contributed by atoms with Crippen LogP contribution < -0.4 is 0 Å². The average molecular weight is 337 g/mol. The van der Waals surface area contributed by atoms with Crippen LogP contribution in [0.3, 0.4) is 0 Å². The Labute approximate surface area is 135 Å². The Morgan fingerprint density at radius 3 is 2.86 bits per heavy atom. The molecule has 1 aliphatic rings. The second kappa shape index (κ2) is 6.06. The van der Waals surface area contributed by atoms with Gasteiger partial charge in [-0.1, -0.05) is 6.07 Å². The fourth-order valence-electron chi connectivity index (χ4n) is 2.84. The Bertz CT molecular complexity index is 771. The molecule has 1 atom stereocenters. The molecule has 1 saturated heterocycles. The van der Waals surface area contributed by atoms with Gasteiger partial charge in [0.15, 0.2) is 0 Å². The van der Waals surface area contributed by atoms with Crippen LogP contribution in [0.15, 0.2) is 24.5 Å². The molecular formula is C15H19N3O2S2. The smallest absolute Gasteiger partial charge is 0.211 e. The van der Waals surface area contributed by atoms with Crippen LogP contribution in [-0.4, -0.2) is 42.0 Å². The molecule has 0 amide bonds. The third kappa shape index (κ3) is 3.37. The number of aryl methyl sites for hydroxylation is 1. The molecule has 2 aromatic rings. The summed E-state index contributed by atoms with van der Waals surface area (Å²) in [5, 5.41) is 0.936. The molecule has 5 nitrogen and oxygen atoms in total. The van der Waals surface area contributed by atoms with Crippen LogP contribution >= 0.6 is 11.3 Å². The van der Waals surface area contributed by atoms with Crippen molar-refractivity contribution in [1.29, 1.82) is 0 Å². The number of pyridine rings is 1. The summed E-state index contributed by atoms with van der Waals surface area (Å²) in [7, 11) is -3.08. The van der Waals surface area contributed by atoms with E-state index in [1.807, 2.05) is 19.2 Å². The Balaban J connectivity index is 1.80. The van der Waals surface area contributed by atoms with E-state index in [9.17, 15) is 8.42 Å². The highest BCUT2D eigenvalue weighted by molar-refractivity contribution is 7.88. The van der Waals surface area contributed by atoms with E-state index in [1.54, 1.807) is 21.8 Å². The minimum atomic E-state index is -3.08. The summed E-state index contributed by atoms with van der Waals surface area (Å²) in [5.41, 5.74) is 2.08. The van der Waals surface area contributed by atoms with Gasteiger partial charge in [-0.25, -0.2) is 17.7 Å². The van der Waals surface area contributed by atoms with Crippen LogP contribution in [0.25, 0.3) is 10.7 Å². The third-order valence-electron chi connectivity index (χ3n) is 3.94. The van der Waals surface area contributed by atoms with Crippen LogP contribution in [0.2, 0.25) is 0 Å². The molecule has 3 rings (SSSR count). The van der Waals surface area contributed by atoms with Crippen molar-refractivity contribution >= 4 is 21.4 Å². The van der Waals surface area contributed by atoms with Gasteiger partial charge in [0.25, 0.3) is 0 Å². The van der Waals surface area contributed by atoms with Gasteiger partial charge >= 0.3 is 0 Å². The molecule has 0 radical (unpaired) electrons. The lowest BCUT2D eigenvalue weighted by molar-refractivity contribution is 0.460. The first kappa shape index (κ1) is 15.6. The third-order valence-corrected chi connectivity index (χ3v) is 6.13. The molecule has 0 spiro atoms. The standard InChI is InChI=1S/C15H19N3O2S2/c1-11-9-17-15(21-11)14-13(4-3-6-16-14)8-12-5-7-18(10-12)22(2,19)20/h3-4,6,9,12H,5,7-8,10H2,1-2H3/t12-/m1/s1. The number of sulfonamides is 1. The van der Waals surface area contributed by atoms with Crippen molar-refractivity contribution in [3.8, 4) is 10.7 Å². The van der Waals surface area contributed by atoms with Crippen molar-refractivity contribution in [2.24, 2.45) is 5.92 Å². The summed E-state index contributed by atoms with van der Waals surface area (Å²) in [6, 6.07) is 4.00. The molecule has 0 aliphatic carbocycles. The number of rotatable bonds is 4. The molecule has 0 unspecified atom stereocenters. The first-order valence-electron chi connectivity index (χ1n) is 7.25. The van der Waals surface area contributed by atoms with E-state index in [2.05, 4.69) is 16.0 Å². The quantitative estimate of drug-likeness (QED) is 0.859. The van der Waals surface area contributed by atoms with Crippen LogP contribution in [0.4, 0.5) is 0 Å². The average Bonchev–Trinajstić information content (AvgIpc) is 3.08. The maximum absolute atomic E-state index is 11.6. The van der Waals surface area contributed by atoms with Gasteiger partial charge in [0.1, 0.15) is 10.7 Å². The van der Waals surface area contributed by atoms with E-state index in [-0.39, 0.29) is 0 Å². The van der Waals surface area contributed by atoms with Crippen molar-refractivity contribution in [2.75, 3.05) is 19.3 Å². The minimum Gasteiger partial charge on any atom is -0.253 e. The van der Waals surface area contributed by atoms with E-state index >= 15 is 0 Å². The van der Waals surface area contributed by atoms with E-state index in [4.69, 9.17) is 0 Å². The zero-order valence-electron chi connectivity index (χ0n) is 12.7. The number of aromatic nitrogens is 2. The van der Waals surface area contributed by atoms with Gasteiger partial charge in [0.05, 0.1) is 6.26 Å². The Kier molecular flexibility index (Phi) is 4.29. The zero-order chi connectivity index (χ0) is 15.7. The maximum Gasteiger partial charge on any atom is 0.211 e. The second-order valence-corrected chi connectivity index (χ2v) is 8.98. The van der Waals surface area contributed by atoms with Crippen LogP contribution in [0, 0.1) is 12.8 Å². The van der Waals surface area contributed by atoms with E-state index in [0.717, 1.165) is 34.0 Å². The van der Waals surface area contributed by atoms with Crippen LogP contribution in [-0.2, 0) is 16.4 Å². The monoisotopic (exact) mass is 337 g/mol. The van der Waals surface area contributed by atoms with Gasteiger partial charge in [-0.05, 0) is 37.3 Å². The fraction of sp³-hybridized carbons (Fsp3) is 0.467. The highest BCUT2D eigenvalue weighted by Gasteiger charge is 2.29. The fourth-order valence-corrected chi connectivity index (χ4v) is 4.55. The highest BCUT2D eigenvalue weighted by atomic mass is 32.2. The topological polar surface area (TPSA) is 63.2 Å². The van der Waals surface area contributed by atoms with Crippen molar-refractivity contribution < 1.29 is 8.42 Å². The summed E-state index contributed by atoms with van der Waals surface area (Å²) < 4.78 is 24.8. The summed E-state index contributed by atoms with van der Waals surface area (Å²) in [6.07, 6.45) is 6.67. The van der Waals surface area contributed by atoms with Gasteiger partial charge in [-0.15, -0.1) is 11.3 Å². The molecule has 2 aromatic heterocycles. The summed E-state index contributed by atoms with van der Waals surface area (Å²) >= 11 is 1.64. The lowest BCUT2D eigenvalue weighted by Crippen LogP contribution is -2.27. The SMILES string of the molecule is Cc1cnc(-c2ncccc2C[C@H]2CCN(S(C)(=O)=O)C2)s1. The minimum absolute atomic E-state index is 0.346. The van der Waals surface area contributed by atoms with Gasteiger partial charge in [0.2, 0.25) is 10.0 Å². The first-order chi connectivity index (χ1) is 10.4. The highest BCUT2D eigenvalue weighted by Crippen LogP contribution is 2.29. The predicted octanol–water partition coefficient (Wildman–Crippen LogP) is 2.34. The Hall–Kier alpha value is -1.31. The molecule has 1 aliphatic heterocycles. The van der Waals surface area contributed by atoms with Crippen LogP contribution in [0.1, 0.15) is 16.9 Å². The molecule has 0 aromatic carbocycles. The van der Waals surface area contributed by atoms with Crippen molar-refractivity contribution in [2.45, 2.75) is 19.8 Å². The number of hydrogen-bond donors (Lipinski definition) is 0.